The summed E-state index contributed by atoms with van der Waals surface area (Å²) in [6.07, 6.45) is -4.57. The normalized spacial score (nSPS) is 11.9. The Morgan fingerprint density at radius 2 is 1.81 bits per heavy atom. The van der Waals surface area contributed by atoms with Crippen molar-refractivity contribution in [3.63, 3.8) is 0 Å². The molecule has 0 unspecified atom stereocenters. The zero-order chi connectivity index (χ0) is 16.5. The molecular weight excluding hydrogens is 293 g/mol. The number of benzene rings is 1. The van der Waals surface area contributed by atoms with Gasteiger partial charge in [-0.05, 0) is 12.0 Å². The number of carbonyl (C=O) groups excluding carboxylic acids is 1. The third kappa shape index (κ3) is 8.60. The van der Waals surface area contributed by atoms with Crippen molar-refractivity contribution in [2.24, 2.45) is 5.73 Å². The Labute approximate surface area is 118 Å². The van der Waals surface area contributed by atoms with E-state index in [0.29, 0.717) is 6.42 Å². The summed E-state index contributed by atoms with van der Waals surface area (Å²) < 4.78 is 31.7. The lowest BCUT2D eigenvalue weighted by molar-refractivity contribution is -0.192. The van der Waals surface area contributed by atoms with E-state index in [1.807, 2.05) is 30.3 Å². The fourth-order valence-corrected chi connectivity index (χ4v) is 1.14. The van der Waals surface area contributed by atoms with Crippen LogP contribution in [-0.2, 0) is 20.8 Å². The summed E-state index contributed by atoms with van der Waals surface area (Å²) in [4.78, 5) is 24.6. The lowest BCUT2D eigenvalue weighted by Gasteiger charge is -2.10. The van der Waals surface area contributed by atoms with Crippen LogP contribution < -0.4 is 11.2 Å². The van der Waals surface area contributed by atoms with Crippen molar-refractivity contribution in [2.45, 2.75) is 18.6 Å². The molecule has 0 aliphatic rings. The highest BCUT2D eigenvalue weighted by molar-refractivity contribution is 5.80. The lowest BCUT2D eigenvalue weighted by Crippen LogP contribution is -2.41. The number of carboxylic acid groups (broad SMARTS) is 1. The van der Waals surface area contributed by atoms with Crippen LogP contribution in [0, 0.1) is 0 Å². The Balaban J connectivity index is 0.000000486. The van der Waals surface area contributed by atoms with Gasteiger partial charge in [-0.3, -0.25) is 9.63 Å². The number of carboxylic acids is 1. The Morgan fingerprint density at radius 3 is 2.19 bits per heavy atom. The predicted molar refractivity (Wildman–Crippen MR) is 67.0 cm³/mol. The fraction of sp³-hybridized carbons (Fsp3) is 0.333. The number of nitrogens with two attached hydrogens (primary N) is 1. The van der Waals surface area contributed by atoms with Crippen LogP contribution in [0.4, 0.5) is 13.2 Å². The van der Waals surface area contributed by atoms with Gasteiger partial charge in [0.25, 0.3) is 5.91 Å². The molecule has 1 aromatic rings. The zero-order valence-corrected chi connectivity index (χ0v) is 11.1. The van der Waals surface area contributed by atoms with E-state index in [1.165, 1.54) is 7.11 Å². The van der Waals surface area contributed by atoms with Crippen molar-refractivity contribution in [3.8, 4) is 0 Å². The van der Waals surface area contributed by atoms with Crippen molar-refractivity contribution < 1.29 is 32.7 Å². The molecule has 0 radical (unpaired) electrons. The maximum absolute atomic E-state index is 11.2. The second-order valence-electron chi connectivity index (χ2n) is 3.77. The van der Waals surface area contributed by atoms with Crippen LogP contribution in [0.15, 0.2) is 30.3 Å². The van der Waals surface area contributed by atoms with Crippen molar-refractivity contribution in [3.05, 3.63) is 35.9 Å². The number of carbonyl (C=O) groups is 2. The molecule has 6 nitrogen and oxygen atoms in total. The monoisotopic (exact) mass is 308 g/mol. The van der Waals surface area contributed by atoms with Gasteiger partial charge >= 0.3 is 12.1 Å². The van der Waals surface area contributed by atoms with Gasteiger partial charge in [0, 0.05) is 0 Å². The number of nitrogens with one attached hydrogen (secondary N) is 1. The van der Waals surface area contributed by atoms with Gasteiger partial charge in [0.05, 0.1) is 13.2 Å². The average molecular weight is 308 g/mol. The molecule has 4 N–H and O–H groups in total. The SMILES string of the molecule is CONC(=O)[C@@H](N)Cc1ccccc1.O=C(O)C(F)(F)F. The van der Waals surface area contributed by atoms with Crippen molar-refractivity contribution in [1.82, 2.24) is 5.48 Å². The molecule has 0 fully saturated rings. The van der Waals surface area contributed by atoms with Gasteiger partial charge in [0.2, 0.25) is 0 Å². The maximum atomic E-state index is 11.2. The first-order valence-electron chi connectivity index (χ1n) is 5.61. The van der Waals surface area contributed by atoms with Crippen LogP contribution in [0.5, 0.6) is 0 Å². The first-order valence-corrected chi connectivity index (χ1v) is 5.61. The minimum atomic E-state index is -5.08. The summed E-state index contributed by atoms with van der Waals surface area (Å²) in [5.41, 5.74) is 8.88. The highest BCUT2D eigenvalue weighted by Crippen LogP contribution is 2.13. The topological polar surface area (TPSA) is 102 Å². The summed E-state index contributed by atoms with van der Waals surface area (Å²) >= 11 is 0. The molecule has 0 bridgehead atoms. The minimum absolute atomic E-state index is 0.309. The van der Waals surface area contributed by atoms with Crippen LogP contribution in [0.2, 0.25) is 0 Å². The summed E-state index contributed by atoms with van der Waals surface area (Å²) in [6.45, 7) is 0. The number of hydroxylamine groups is 1. The molecule has 0 aliphatic heterocycles. The summed E-state index contributed by atoms with van der Waals surface area (Å²) in [7, 11) is 1.38. The number of rotatable bonds is 4. The van der Waals surface area contributed by atoms with Crippen LogP contribution in [0.3, 0.4) is 0 Å². The van der Waals surface area contributed by atoms with E-state index in [9.17, 15) is 18.0 Å². The molecular formula is C12H15F3N2O4. The van der Waals surface area contributed by atoms with E-state index in [2.05, 4.69) is 10.3 Å². The molecule has 1 atom stereocenters. The van der Waals surface area contributed by atoms with Crippen LogP contribution >= 0.6 is 0 Å². The third-order valence-corrected chi connectivity index (χ3v) is 2.08. The standard InChI is InChI=1S/C10H14N2O2.C2HF3O2/c1-14-12-10(13)9(11)7-8-5-3-2-4-6-8;3-2(4,5)1(6)7/h2-6,9H,7,11H2,1H3,(H,12,13);(H,6,7)/t9-;/m0./s1. The van der Waals surface area contributed by atoms with E-state index < -0.39 is 18.2 Å². The van der Waals surface area contributed by atoms with Gasteiger partial charge in [-0.15, -0.1) is 0 Å². The Kier molecular flexibility index (Phi) is 8.02. The second kappa shape index (κ2) is 8.93. The second-order valence-corrected chi connectivity index (χ2v) is 3.77. The van der Waals surface area contributed by atoms with Crippen LogP contribution in [0.1, 0.15) is 5.56 Å². The maximum Gasteiger partial charge on any atom is 0.490 e. The molecule has 0 heterocycles. The highest BCUT2D eigenvalue weighted by atomic mass is 19.4. The number of hydrogen-bond donors (Lipinski definition) is 3. The molecule has 0 saturated carbocycles. The number of aliphatic carboxylic acids is 1. The van der Waals surface area contributed by atoms with E-state index in [-0.39, 0.29) is 5.91 Å². The quantitative estimate of drug-likeness (QED) is 0.716. The molecule has 1 aromatic carbocycles. The van der Waals surface area contributed by atoms with E-state index in [4.69, 9.17) is 15.6 Å². The number of hydrogen-bond acceptors (Lipinski definition) is 4. The van der Waals surface area contributed by atoms with Crippen molar-refractivity contribution >= 4 is 11.9 Å². The number of amides is 1. The molecule has 0 spiro atoms. The summed E-state index contributed by atoms with van der Waals surface area (Å²) in [5.74, 6) is -3.07. The number of halogens is 3. The Bertz CT molecular complexity index is 452. The first kappa shape index (κ1) is 18.9. The molecule has 0 aliphatic carbocycles. The molecule has 118 valence electrons. The molecule has 1 rings (SSSR count). The van der Waals surface area contributed by atoms with E-state index >= 15 is 0 Å². The minimum Gasteiger partial charge on any atom is -0.475 e. The Morgan fingerprint density at radius 1 is 1.33 bits per heavy atom. The van der Waals surface area contributed by atoms with Gasteiger partial charge < -0.3 is 10.8 Å². The average Bonchev–Trinajstić information content (AvgIpc) is 2.39. The van der Waals surface area contributed by atoms with E-state index in [0.717, 1.165) is 5.56 Å². The molecule has 21 heavy (non-hydrogen) atoms. The van der Waals surface area contributed by atoms with Gasteiger partial charge in [-0.2, -0.15) is 13.2 Å². The van der Waals surface area contributed by atoms with Gasteiger partial charge in [-0.25, -0.2) is 10.3 Å². The predicted octanol–water partition coefficient (Wildman–Crippen LogP) is 0.867. The molecule has 0 aromatic heterocycles. The molecule has 1 amide bonds. The van der Waals surface area contributed by atoms with Crippen molar-refractivity contribution in [1.29, 1.82) is 0 Å². The van der Waals surface area contributed by atoms with Gasteiger partial charge in [0.1, 0.15) is 0 Å². The van der Waals surface area contributed by atoms with Crippen LogP contribution in [0.25, 0.3) is 0 Å². The molecule has 9 heteroatoms. The zero-order valence-electron chi connectivity index (χ0n) is 11.1. The smallest absolute Gasteiger partial charge is 0.475 e. The summed E-state index contributed by atoms with van der Waals surface area (Å²) in [6, 6.07) is 9.04. The van der Waals surface area contributed by atoms with Crippen molar-refractivity contribution in [2.75, 3.05) is 7.11 Å². The van der Waals surface area contributed by atoms with Gasteiger partial charge in [-0.1, -0.05) is 30.3 Å². The number of alkyl halides is 3. The fourth-order valence-electron chi connectivity index (χ4n) is 1.14. The largest absolute Gasteiger partial charge is 0.490 e. The first-order chi connectivity index (χ1) is 9.68. The Hall–Kier alpha value is -2.13. The third-order valence-electron chi connectivity index (χ3n) is 2.08. The summed E-state index contributed by atoms with van der Waals surface area (Å²) in [5, 5.41) is 7.12. The van der Waals surface area contributed by atoms with Crippen LogP contribution in [-0.4, -0.2) is 36.3 Å². The molecule has 0 saturated heterocycles. The van der Waals surface area contributed by atoms with Gasteiger partial charge in [0.15, 0.2) is 0 Å². The highest BCUT2D eigenvalue weighted by Gasteiger charge is 2.38. The van der Waals surface area contributed by atoms with E-state index in [1.54, 1.807) is 0 Å². The lowest BCUT2D eigenvalue weighted by atomic mass is 10.1.